The summed E-state index contributed by atoms with van der Waals surface area (Å²) in [6.45, 7) is 2.42. The van der Waals surface area contributed by atoms with Crippen molar-refractivity contribution in [1.82, 2.24) is 10.2 Å². The van der Waals surface area contributed by atoms with E-state index >= 15 is 0 Å². The number of carbonyl (C=O) groups is 1. The van der Waals surface area contributed by atoms with Gasteiger partial charge in [-0.2, -0.15) is 0 Å². The number of hydrogen-bond donors (Lipinski definition) is 1. The zero-order valence-electron chi connectivity index (χ0n) is 14.6. The normalized spacial score (nSPS) is 13.9. The van der Waals surface area contributed by atoms with E-state index in [1.807, 2.05) is 9.80 Å². The predicted octanol–water partition coefficient (Wildman–Crippen LogP) is 3.74. The molecule has 1 N–H and O–H groups in total. The Hall–Kier alpha value is -2.42. The minimum Gasteiger partial charge on any atom is -0.367 e. The number of non-ortho nitro benzene ring substituents is 1. The van der Waals surface area contributed by atoms with E-state index in [2.05, 4.69) is 5.32 Å². The Bertz CT molecular complexity index is 916. The van der Waals surface area contributed by atoms with Gasteiger partial charge >= 0.3 is 0 Å². The summed E-state index contributed by atoms with van der Waals surface area (Å²) in [4.78, 5) is 26.6. The van der Waals surface area contributed by atoms with Gasteiger partial charge in [0.25, 0.3) is 11.6 Å². The van der Waals surface area contributed by atoms with Crippen LogP contribution in [0.5, 0.6) is 0 Å². The second-order valence-corrected chi connectivity index (χ2v) is 7.36. The van der Waals surface area contributed by atoms with Crippen LogP contribution >= 0.6 is 35.4 Å². The van der Waals surface area contributed by atoms with E-state index in [-0.39, 0.29) is 11.6 Å². The molecular weight excluding hydrogens is 423 g/mol. The summed E-state index contributed by atoms with van der Waals surface area (Å²) in [5.74, 6) is -0.289. The number of piperazine rings is 1. The van der Waals surface area contributed by atoms with Crippen molar-refractivity contribution in [2.45, 2.75) is 0 Å². The molecule has 0 aromatic heterocycles. The Labute approximate surface area is 177 Å². The molecule has 28 heavy (non-hydrogen) atoms. The molecule has 1 heterocycles. The van der Waals surface area contributed by atoms with Crippen LogP contribution in [0.25, 0.3) is 0 Å². The van der Waals surface area contributed by atoms with Crippen molar-refractivity contribution in [1.29, 1.82) is 0 Å². The lowest BCUT2D eigenvalue weighted by molar-refractivity contribution is -0.384. The molecule has 0 saturated carbocycles. The van der Waals surface area contributed by atoms with Crippen LogP contribution in [0.15, 0.2) is 42.5 Å². The molecule has 0 radical (unpaired) electrons. The number of amides is 1. The molecule has 1 fully saturated rings. The van der Waals surface area contributed by atoms with Gasteiger partial charge in [-0.1, -0.05) is 23.2 Å². The van der Waals surface area contributed by atoms with E-state index in [4.69, 9.17) is 35.4 Å². The number of hydrogen-bond acceptors (Lipinski definition) is 5. The predicted molar refractivity (Wildman–Crippen MR) is 113 cm³/mol. The molecular formula is C18H16Cl2N4O3S. The summed E-state index contributed by atoms with van der Waals surface area (Å²) < 4.78 is 0. The number of rotatable bonds is 3. The van der Waals surface area contributed by atoms with E-state index in [9.17, 15) is 14.9 Å². The molecule has 1 amide bonds. The fraction of sp³-hybridized carbons (Fsp3) is 0.222. The number of nitro benzene ring substituents is 1. The molecule has 2 aromatic rings. The molecule has 2 aromatic carbocycles. The van der Waals surface area contributed by atoms with Crippen molar-refractivity contribution in [3.05, 3.63) is 68.2 Å². The van der Waals surface area contributed by atoms with Gasteiger partial charge in [0.1, 0.15) is 0 Å². The number of nitrogens with zero attached hydrogens (tertiary/aromatic N) is 3. The largest absolute Gasteiger partial charge is 0.367 e. The third kappa shape index (κ3) is 4.70. The standard InChI is InChI=1S/C18H16Cl2N4O3S/c19-13-3-1-12(2-4-13)17(25)21-18(28)23-9-7-22(8-10-23)16-6-5-14(24(26)27)11-15(16)20/h1-6,11H,7-10H2,(H,21,25,28). The highest BCUT2D eigenvalue weighted by atomic mass is 35.5. The van der Waals surface area contributed by atoms with Crippen LogP contribution in [-0.2, 0) is 0 Å². The summed E-state index contributed by atoms with van der Waals surface area (Å²) in [7, 11) is 0. The van der Waals surface area contributed by atoms with Crippen LogP contribution in [0.1, 0.15) is 10.4 Å². The number of benzene rings is 2. The van der Waals surface area contributed by atoms with Crippen molar-refractivity contribution in [2.24, 2.45) is 0 Å². The first-order chi connectivity index (χ1) is 13.3. The summed E-state index contributed by atoms with van der Waals surface area (Å²) >= 11 is 17.4. The van der Waals surface area contributed by atoms with E-state index in [0.29, 0.717) is 46.9 Å². The fourth-order valence-corrected chi connectivity index (χ4v) is 3.56. The summed E-state index contributed by atoms with van der Waals surface area (Å²) in [5, 5.41) is 14.8. The fourth-order valence-electron chi connectivity index (χ4n) is 2.87. The van der Waals surface area contributed by atoms with Gasteiger partial charge in [-0.05, 0) is 42.5 Å². The van der Waals surface area contributed by atoms with Crippen LogP contribution in [0.4, 0.5) is 11.4 Å². The van der Waals surface area contributed by atoms with E-state index < -0.39 is 4.92 Å². The summed E-state index contributed by atoms with van der Waals surface area (Å²) in [6, 6.07) is 11.0. The van der Waals surface area contributed by atoms with Crippen molar-refractivity contribution < 1.29 is 9.72 Å². The van der Waals surface area contributed by atoms with E-state index in [1.165, 1.54) is 12.1 Å². The first-order valence-electron chi connectivity index (χ1n) is 8.40. The molecule has 0 spiro atoms. The highest BCUT2D eigenvalue weighted by Gasteiger charge is 2.22. The highest BCUT2D eigenvalue weighted by molar-refractivity contribution is 7.80. The van der Waals surface area contributed by atoms with Gasteiger partial charge in [-0.15, -0.1) is 0 Å². The average Bonchev–Trinajstić information content (AvgIpc) is 2.68. The lowest BCUT2D eigenvalue weighted by atomic mass is 10.2. The molecule has 7 nitrogen and oxygen atoms in total. The Morgan fingerprint density at radius 3 is 2.29 bits per heavy atom. The topological polar surface area (TPSA) is 78.7 Å². The molecule has 3 rings (SSSR count). The Balaban J connectivity index is 1.57. The minimum atomic E-state index is -0.477. The number of nitrogens with one attached hydrogen (secondary N) is 1. The smallest absolute Gasteiger partial charge is 0.271 e. The van der Waals surface area contributed by atoms with Crippen LogP contribution in [0.2, 0.25) is 10.0 Å². The van der Waals surface area contributed by atoms with Crippen LogP contribution in [-0.4, -0.2) is 47.0 Å². The minimum absolute atomic E-state index is 0.0431. The second-order valence-electron chi connectivity index (χ2n) is 6.13. The summed E-state index contributed by atoms with van der Waals surface area (Å²) in [5.41, 5.74) is 1.17. The van der Waals surface area contributed by atoms with Gasteiger partial charge < -0.3 is 9.80 Å². The van der Waals surface area contributed by atoms with Gasteiger partial charge in [0.2, 0.25) is 0 Å². The molecule has 1 aliphatic heterocycles. The molecule has 1 aliphatic rings. The van der Waals surface area contributed by atoms with Gasteiger partial charge in [-0.25, -0.2) is 0 Å². The molecule has 146 valence electrons. The SMILES string of the molecule is O=C(NC(=S)N1CCN(c2ccc([N+](=O)[O-])cc2Cl)CC1)c1ccc(Cl)cc1. The molecule has 1 saturated heterocycles. The zero-order valence-corrected chi connectivity index (χ0v) is 16.9. The van der Waals surface area contributed by atoms with Crippen molar-refractivity contribution in [2.75, 3.05) is 31.1 Å². The second kappa shape index (κ2) is 8.72. The first kappa shape index (κ1) is 20.3. The van der Waals surface area contributed by atoms with Gasteiger partial charge in [0.05, 0.1) is 15.6 Å². The van der Waals surface area contributed by atoms with Gasteiger partial charge in [-0.3, -0.25) is 20.2 Å². The highest BCUT2D eigenvalue weighted by Crippen LogP contribution is 2.30. The third-order valence-electron chi connectivity index (χ3n) is 4.38. The zero-order chi connectivity index (χ0) is 20.3. The van der Waals surface area contributed by atoms with Gasteiger partial charge in [0.15, 0.2) is 5.11 Å². The number of halogens is 2. The Kier molecular flexibility index (Phi) is 6.33. The maximum atomic E-state index is 12.3. The number of carbonyl (C=O) groups excluding carboxylic acids is 1. The van der Waals surface area contributed by atoms with E-state index in [1.54, 1.807) is 30.3 Å². The van der Waals surface area contributed by atoms with Crippen LogP contribution in [0, 0.1) is 10.1 Å². The lowest BCUT2D eigenvalue weighted by Crippen LogP contribution is -2.52. The maximum absolute atomic E-state index is 12.3. The van der Waals surface area contributed by atoms with E-state index in [0.717, 1.165) is 5.69 Å². The Morgan fingerprint density at radius 2 is 1.71 bits per heavy atom. The van der Waals surface area contributed by atoms with Crippen LogP contribution in [0.3, 0.4) is 0 Å². The Morgan fingerprint density at radius 1 is 1.07 bits per heavy atom. The molecule has 0 aliphatic carbocycles. The number of thiocarbonyl (C=S) groups is 1. The van der Waals surface area contributed by atoms with Crippen molar-refractivity contribution >= 4 is 57.8 Å². The average molecular weight is 439 g/mol. The molecule has 10 heteroatoms. The number of anilines is 1. The lowest BCUT2D eigenvalue weighted by Gasteiger charge is -2.37. The van der Waals surface area contributed by atoms with Crippen molar-refractivity contribution in [3.8, 4) is 0 Å². The van der Waals surface area contributed by atoms with Gasteiger partial charge in [0, 0.05) is 48.9 Å². The molecule has 0 atom stereocenters. The first-order valence-corrected chi connectivity index (χ1v) is 9.56. The summed E-state index contributed by atoms with van der Waals surface area (Å²) in [6.07, 6.45) is 0. The quantitative estimate of drug-likeness (QED) is 0.446. The number of nitro groups is 1. The molecule has 0 bridgehead atoms. The molecule has 0 unspecified atom stereocenters. The third-order valence-corrected chi connectivity index (χ3v) is 5.29. The monoisotopic (exact) mass is 438 g/mol. The van der Waals surface area contributed by atoms with Crippen molar-refractivity contribution in [3.63, 3.8) is 0 Å². The maximum Gasteiger partial charge on any atom is 0.271 e. The van der Waals surface area contributed by atoms with Crippen LogP contribution < -0.4 is 10.2 Å².